The molecule has 2 N–H and O–H groups in total. The summed E-state index contributed by atoms with van der Waals surface area (Å²) in [5, 5.41) is 18.9. The van der Waals surface area contributed by atoms with E-state index in [4.69, 9.17) is 9.47 Å². The zero-order chi connectivity index (χ0) is 11.3. The fraction of sp³-hybridized carbons (Fsp3) is 0.455. The average molecular weight is 212 g/mol. The summed E-state index contributed by atoms with van der Waals surface area (Å²) in [6, 6.07) is 4.26. The van der Waals surface area contributed by atoms with Gasteiger partial charge in [0.15, 0.2) is 6.29 Å². The highest BCUT2D eigenvalue weighted by molar-refractivity contribution is 5.39. The lowest BCUT2D eigenvalue weighted by molar-refractivity contribution is -0.141. The van der Waals surface area contributed by atoms with Crippen LogP contribution in [0.1, 0.15) is 25.7 Å². The molecule has 0 aromatic heterocycles. The van der Waals surface area contributed by atoms with E-state index >= 15 is 0 Å². The highest BCUT2D eigenvalue weighted by Gasteiger charge is 2.16. The molecule has 84 valence electrons. The van der Waals surface area contributed by atoms with Crippen molar-refractivity contribution in [3.8, 4) is 11.5 Å². The molecule has 1 aromatic rings. The van der Waals surface area contributed by atoms with E-state index in [1.165, 1.54) is 18.2 Å². The van der Waals surface area contributed by atoms with Gasteiger partial charge in [0, 0.05) is 13.2 Å². The molecule has 0 aliphatic rings. The van der Waals surface area contributed by atoms with Crippen molar-refractivity contribution in [1.82, 2.24) is 0 Å². The summed E-state index contributed by atoms with van der Waals surface area (Å²) in [6.45, 7) is 4.62. The Hall–Kier alpha value is -1.26. The van der Waals surface area contributed by atoms with E-state index in [2.05, 4.69) is 0 Å². The Labute approximate surface area is 89.1 Å². The van der Waals surface area contributed by atoms with Crippen molar-refractivity contribution in [2.45, 2.75) is 20.1 Å². The molecule has 0 aliphatic heterocycles. The van der Waals surface area contributed by atoms with Gasteiger partial charge in [-0.15, -0.1) is 0 Å². The number of phenols is 2. The van der Waals surface area contributed by atoms with Crippen LogP contribution < -0.4 is 0 Å². The maximum Gasteiger partial charge on any atom is 0.187 e. The molecule has 15 heavy (non-hydrogen) atoms. The van der Waals surface area contributed by atoms with Gasteiger partial charge < -0.3 is 19.7 Å². The van der Waals surface area contributed by atoms with Crippen molar-refractivity contribution >= 4 is 0 Å². The number of phenolic OH excluding ortho intramolecular Hbond substituents is 2. The zero-order valence-corrected chi connectivity index (χ0v) is 8.93. The molecule has 0 bridgehead atoms. The Balaban J connectivity index is 2.93. The van der Waals surface area contributed by atoms with Gasteiger partial charge in [0.05, 0.1) is 5.56 Å². The summed E-state index contributed by atoms with van der Waals surface area (Å²) in [6.07, 6.45) is -0.632. The van der Waals surface area contributed by atoms with E-state index in [0.717, 1.165) is 0 Å². The highest BCUT2D eigenvalue weighted by atomic mass is 16.7. The van der Waals surface area contributed by atoms with Crippen LogP contribution in [0.15, 0.2) is 18.2 Å². The van der Waals surface area contributed by atoms with Gasteiger partial charge in [0.25, 0.3) is 0 Å². The SMILES string of the molecule is CCOC(OCC)c1cc(O)ccc1O. The predicted molar refractivity (Wildman–Crippen MR) is 55.8 cm³/mol. The van der Waals surface area contributed by atoms with Gasteiger partial charge >= 0.3 is 0 Å². The molecule has 0 unspecified atom stereocenters. The van der Waals surface area contributed by atoms with Crippen molar-refractivity contribution in [3.05, 3.63) is 23.8 Å². The first-order valence-corrected chi connectivity index (χ1v) is 4.94. The van der Waals surface area contributed by atoms with Crippen LogP contribution >= 0.6 is 0 Å². The van der Waals surface area contributed by atoms with Gasteiger partial charge in [-0.25, -0.2) is 0 Å². The molecule has 0 spiro atoms. The van der Waals surface area contributed by atoms with Crippen molar-refractivity contribution in [1.29, 1.82) is 0 Å². The number of benzene rings is 1. The van der Waals surface area contributed by atoms with E-state index < -0.39 is 6.29 Å². The Morgan fingerprint density at radius 2 is 1.73 bits per heavy atom. The standard InChI is InChI=1S/C11H16O4/c1-3-14-11(15-4-2)9-7-8(12)5-6-10(9)13/h5-7,11-13H,3-4H2,1-2H3. The molecule has 0 amide bonds. The van der Waals surface area contributed by atoms with E-state index in [-0.39, 0.29) is 11.5 Å². The molecule has 0 radical (unpaired) electrons. The van der Waals surface area contributed by atoms with Crippen LogP contribution in [0, 0.1) is 0 Å². The topological polar surface area (TPSA) is 58.9 Å². The fourth-order valence-corrected chi connectivity index (χ4v) is 1.26. The van der Waals surface area contributed by atoms with Crippen molar-refractivity contribution in [2.24, 2.45) is 0 Å². The maximum atomic E-state index is 9.59. The zero-order valence-electron chi connectivity index (χ0n) is 8.93. The number of rotatable bonds is 5. The normalized spacial score (nSPS) is 10.9. The Morgan fingerprint density at radius 1 is 1.13 bits per heavy atom. The second-order valence-corrected chi connectivity index (χ2v) is 2.99. The molecule has 0 saturated carbocycles. The van der Waals surface area contributed by atoms with E-state index in [1.54, 1.807) is 0 Å². The Morgan fingerprint density at radius 3 is 2.27 bits per heavy atom. The summed E-state index contributed by atoms with van der Waals surface area (Å²) in [4.78, 5) is 0. The molecular formula is C11H16O4. The summed E-state index contributed by atoms with van der Waals surface area (Å²) in [5.74, 6) is 0.131. The van der Waals surface area contributed by atoms with Gasteiger partial charge in [0.1, 0.15) is 11.5 Å². The summed E-state index contributed by atoms with van der Waals surface area (Å²) in [5.41, 5.74) is 0.443. The van der Waals surface area contributed by atoms with E-state index in [1.807, 2.05) is 13.8 Å². The minimum atomic E-state index is -0.632. The van der Waals surface area contributed by atoms with Crippen molar-refractivity contribution in [2.75, 3.05) is 13.2 Å². The summed E-state index contributed by atoms with van der Waals surface area (Å²) in [7, 11) is 0. The van der Waals surface area contributed by atoms with Crippen LogP contribution in [0.4, 0.5) is 0 Å². The minimum absolute atomic E-state index is 0.0553. The molecule has 4 heteroatoms. The molecule has 1 rings (SSSR count). The third kappa shape index (κ3) is 3.11. The lowest BCUT2D eigenvalue weighted by Crippen LogP contribution is -2.08. The lowest BCUT2D eigenvalue weighted by Gasteiger charge is -2.18. The summed E-state index contributed by atoms with van der Waals surface area (Å²) >= 11 is 0. The smallest absolute Gasteiger partial charge is 0.187 e. The van der Waals surface area contributed by atoms with Crippen LogP contribution in [0.25, 0.3) is 0 Å². The van der Waals surface area contributed by atoms with Gasteiger partial charge in [-0.1, -0.05) is 0 Å². The molecule has 4 nitrogen and oxygen atoms in total. The maximum absolute atomic E-state index is 9.59. The molecule has 0 atom stereocenters. The summed E-state index contributed by atoms with van der Waals surface area (Å²) < 4.78 is 10.6. The fourth-order valence-electron chi connectivity index (χ4n) is 1.26. The first-order chi connectivity index (χ1) is 7.19. The third-order valence-electron chi connectivity index (χ3n) is 1.90. The molecule has 0 fully saturated rings. The predicted octanol–water partition coefficient (Wildman–Crippen LogP) is 2.17. The highest BCUT2D eigenvalue weighted by Crippen LogP contribution is 2.30. The van der Waals surface area contributed by atoms with Crippen LogP contribution in [0.3, 0.4) is 0 Å². The lowest BCUT2D eigenvalue weighted by atomic mass is 10.2. The molecule has 1 aromatic carbocycles. The van der Waals surface area contributed by atoms with Crippen LogP contribution in [0.5, 0.6) is 11.5 Å². The van der Waals surface area contributed by atoms with Gasteiger partial charge in [0.2, 0.25) is 0 Å². The van der Waals surface area contributed by atoms with Gasteiger partial charge in [-0.2, -0.15) is 0 Å². The molecular weight excluding hydrogens is 196 g/mol. The largest absolute Gasteiger partial charge is 0.508 e. The Kier molecular flexibility index (Phi) is 4.39. The second-order valence-electron chi connectivity index (χ2n) is 2.99. The first kappa shape index (κ1) is 11.8. The van der Waals surface area contributed by atoms with Crippen LogP contribution in [-0.4, -0.2) is 23.4 Å². The second kappa shape index (κ2) is 5.58. The van der Waals surface area contributed by atoms with Crippen LogP contribution in [-0.2, 0) is 9.47 Å². The first-order valence-electron chi connectivity index (χ1n) is 4.94. The quantitative estimate of drug-likeness (QED) is 0.580. The average Bonchev–Trinajstić information content (AvgIpc) is 2.21. The van der Waals surface area contributed by atoms with Gasteiger partial charge in [-0.05, 0) is 32.0 Å². The van der Waals surface area contributed by atoms with Crippen molar-refractivity contribution < 1.29 is 19.7 Å². The molecule has 0 aliphatic carbocycles. The van der Waals surface area contributed by atoms with Crippen molar-refractivity contribution in [3.63, 3.8) is 0 Å². The third-order valence-corrected chi connectivity index (χ3v) is 1.90. The number of aromatic hydroxyl groups is 2. The monoisotopic (exact) mass is 212 g/mol. The van der Waals surface area contributed by atoms with E-state index in [9.17, 15) is 10.2 Å². The molecule has 0 heterocycles. The Bertz CT molecular complexity index is 305. The molecule has 0 saturated heterocycles. The number of hydrogen-bond acceptors (Lipinski definition) is 4. The minimum Gasteiger partial charge on any atom is -0.508 e. The van der Waals surface area contributed by atoms with E-state index in [0.29, 0.717) is 18.8 Å². The number of ether oxygens (including phenoxy) is 2. The van der Waals surface area contributed by atoms with Crippen LogP contribution in [0.2, 0.25) is 0 Å². The number of hydrogen-bond donors (Lipinski definition) is 2. The van der Waals surface area contributed by atoms with Gasteiger partial charge in [-0.3, -0.25) is 0 Å².